The van der Waals surface area contributed by atoms with E-state index in [1.54, 1.807) is 6.92 Å². The molecule has 1 heterocycles. The average molecular weight is 371 g/mol. The summed E-state index contributed by atoms with van der Waals surface area (Å²) in [5.74, 6) is 0.259. The van der Waals surface area contributed by atoms with E-state index in [1.165, 1.54) is 0 Å². The number of nitrogens with zero attached hydrogens (tertiary/aromatic N) is 1. The largest absolute Gasteiger partial charge is 0.360 e. The van der Waals surface area contributed by atoms with Crippen LogP contribution in [0, 0.1) is 13.8 Å². The van der Waals surface area contributed by atoms with Crippen LogP contribution >= 0.6 is 15.9 Å². The van der Waals surface area contributed by atoms with E-state index in [0.29, 0.717) is 17.0 Å². The maximum Gasteiger partial charge on any atom is 0.261 e. The first kappa shape index (κ1) is 15.5. The van der Waals surface area contributed by atoms with Gasteiger partial charge in [0, 0.05) is 15.7 Å². The molecule has 116 valence electrons. The predicted octanol–water partition coefficient (Wildman–Crippen LogP) is 4.97. The van der Waals surface area contributed by atoms with Gasteiger partial charge in [0.25, 0.3) is 5.91 Å². The lowest BCUT2D eigenvalue weighted by atomic mass is 10.1. The third-order valence-corrected chi connectivity index (χ3v) is 3.96. The van der Waals surface area contributed by atoms with Crippen LogP contribution in [0.3, 0.4) is 0 Å². The second-order valence-electron chi connectivity index (χ2n) is 5.30. The molecule has 0 fully saturated rings. The Bertz CT molecular complexity index is 871. The zero-order chi connectivity index (χ0) is 16.4. The lowest BCUT2D eigenvalue weighted by molar-refractivity contribution is 0.102. The number of carbonyl (C=O) groups excluding carboxylic acids is 1. The average Bonchev–Trinajstić information content (AvgIpc) is 2.89. The molecule has 23 heavy (non-hydrogen) atoms. The molecule has 0 aliphatic rings. The normalized spacial score (nSPS) is 10.6. The van der Waals surface area contributed by atoms with Crippen LogP contribution in [0.5, 0.6) is 0 Å². The van der Waals surface area contributed by atoms with E-state index < -0.39 is 0 Å². The minimum Gasteiger partial charge on any atom is -0.360 e. The molecule has 1 aromatic heterocycles. The van der Waals surface area contributed by atoms with E-state index in [9.17, 15) is 4.79 Å². The molecule has 0 spiro atoms. The van der Waals surface area contributed by atoms with Crippen LogP contribution in [0.1, 0.15) is 21.7 Å². The molecule has 0 atom stereocenters. The zero-order valence-corrected chi connectivity index (χ0v) is 14.3. The summed E-state index contributed by atoms with van der Waals surface area (Å²) in [5.41, 5.74) is 3.64. The number of hydrogen-bond acceptors (Lipinski definition) is 3. The SMILES string of the molecule is Cc1cccc(NC(=O)c2c(-c3cccc(Br)c3)noc2C)c1. The Balaban J connectivity index is 1.96. The highest BCUT2D eigenvalue weighted by Crippen LogP contribution is 2.28. The van der Waals surface area contributed by atoms with Gasteiger partial charge in [-0.15, -0.1) is 0 Å². The number of rotatable bonds is 3. The summed E-state index contributed by atoms with van der Waals surface area (Å²) in [6.07, 6.45) is 0. The molecule has 0 radical (unpaired) electrons. The number of hydrogen-bond donors (Lipinski definition) is 1. The van der Waals surface area contributed by atoms with Gasteiger partial charge in [-0.2, -0.15) is 0 Å². The molecule has 5 heteroatoms. The van der Waals surface area contributed by atoms with E-state index in [1.807, 2.05) is 55.5 Å². The smallest absolute Gasteiger partial charge is 0.261 e. The number of aromatic nitrogens is 1. The number of nitrogens with one attached hydrogen (secondary N) is 1. The molecule has 0 unspecified atom stereocenters. The molecule has 0 bridgehead atoms. The van der Waals surface area contributed by atoms with Crippen molar-refractivity contribution in [2.24, 2.45) is 0 Å². The van der Waals surface area contributed by atoms with Gasteiger partial charge in [-0.25, -0.2) is 0 Å². The van der Waals surface area contributed by atoms with E-state index in [-0.39, 0.29) is 5.91 Å². The fraction of sp³-hybridized carbons (Fsp3) is 0.111. The summed E-state index contributed by atoms with van der Waals surface area (Å²) in [7, 11) is 0. The lowest BCUT2D eigenvalue weighted by Gasteiger charge is -2.07. The van der Waals surface area contributed by atoms with Crippen molar-refractivity contribution in [2.45, 2.75) is 13.8 Å². The molecule has 1 N–H and O–H groups in total. The maximum absolute atomic E-state index is 12.7. The molecule has 0 aliphatic heterocycles. The van der Waals surface area contributed by atoms with Crippen LogP contribution in [0.15, 0.2) is 57.5 Å². The van der Waals surface area contributed by atoms with E-state index in [0.717, 1.165) is 21.3 Å². The number of benzene rings is 2. The second-order valence-corrected chi connectivity index (χ2v) is 6.21. The number of carbonyl (C=O) groups is 1. The van der Waals surface area contributed by atoms with Crippen molar-refractivity contribution in [1.29, 1.82) is 0 Å². The van der Waals surface area contributed by atoms with Crippen molar-refractivity contribution in [3.8, 4) is 11.3 Å². The van der Waals surface area contributed by atoms with Gasteiger partial charge in [0.15, 0.2) is 0 Å². The Morgan fingerprint density at radius 3 is 2.65 bits per heavy atom. The topological polar surface area (TPSA) is 55.1 Å². The van der Waals surface area contributed by atoms with Gasteiger partial charge < -0.3 is 9.84 Å². The molecule has 4 nitrogen and oxygen atoms in total. The van der Waals surface area contributed by atoms with Crippen molar-refractivity contribution in [3.05, 3.63) is 69.9 Å². The number of anilines is 1. The molecule has 0 saturated carbocycles. The quantitative estimate of drug-likeness (QED) is 0.707. The molecule has 0 aliphatic carbocycles. The summed E-state index contributed by atoms with van der Waals surface area (Å²) in [4.78, 5) is 12.7. The van der Waals surface area contributed by atoms with Crippen molar-refractivity contribution in [2.75, 3.05) is 5.32 Å². The van der Waals surface area contributed by atoms with Gasteiger partial charge in [-0.05, 0) is 43.7 Å². The van der Waals surface area contributed by atoms with Gasteiger partial charge in [-0.1, -0.05) is 45.4 Å². The van der Waals surface area contributed by atoms with Crippen LogP contribution in [-0.4, -0.2) is 11.1 Å². The highest BCUT2D eigenvalue weighted by molar-refractivity contribution is 9.10. The first-order valence-electron chi connectivity index (χ1n) is 7.15. The Kier molecular flexibility index (Phi) is 4.30. The van der Waals surface area contributed by atoms with Crippen LogP contribution in [0.2, 0.25) is 0 Å². The summed E-state index contributed by atoms with van der Waals surface area (Å²) >= 11 is 3.43. The van der Waals surface area contributed by atoms with Crippen molar-refractivity contribution < 1.29 is 9.32 Å². The summed E-state index contributed by atoms with van der Waals surface area (Å²) in [6, 6.07) is 15.3. The van der Waals surface area contributed by atoms with Crippen LogP contribution in [0.4, 0.5) is 5.69 Å². The predicted molar refractivity (Wildman–Crippen MR) is 93.5 cm³/mol. The molecule has 3 aromatic rings. The fourth-order valence-corrected chi connectivity index (χ4v) is 2.79. The van der Waals surface area contributed by atoms with Crippen molar-refractivity contribution in [3.63, 3.8) is 0 Å². The molecule has 2 aromatic carbocycles. The number of amides is 1. The molecule has 1 amide bonds. The summed E-state index contributed by atoms with van der Waals surface area (Å²) in [5, 5.41) is 6.95. The number of aryl methyl sites for hydroxylation is 2. The summed E-state index contributed by atoms with van der Waals surface area (Å²) < 4.78 is 6.16. The Morgan fingerprint density at radius 2 is 1.91 bits per heavy atom. The molecular formula is C18H15BrN2O2. The maximum atomic E-state index is 12.7. The molecule has 3 rings (SSSR count). The third kappa shape index (κ3) is 3.35. The van der Waals surface area contributed by atoms with Crippen molar-refractivity contribution in [1.82, 2.24) is 5.16 Å². The second kappa shape index (κ2) is 6.38. The summed E-state index contributed by atoms with van der Waals surface area (Å²) in [6.45, 7) is 3.72. The van der Waals surface area contributed by atoms with Crippen LogP contribution in [0.25, 0.3) is 11.3 Å². The fourth-order valence-electron chi connectivity index (χ4n) is 2.39. The molecule has 0 saturated heterocycles. The van der Waals surface area contributed by atoms with E-state index >= 15 is 0 Å². The van der Waals surface area contributed by atoms with Gasteiger partial charge in [0.2, 0.25) is 0 Å². The monoisotopic (exact) mass is 370 g/mol. The van der Waals surface area contributed by atoms with E-state index in [2.05, 4.69) is 26.4 Å². The van der Waals surface area contributed by atoms with Crippen LogP contribution < -0.4 is 5.32 Å². The Labute approximate surface area is 142 Å². The minimum atomic E-state index is -0.232. The standard InChI is InChI=1S/C18H15BrN2O2/c1-11-5-3-8-15(9-11)20-18(22)16-12(2)23-21-17(16)13-6-4-7-14(19)10-13/h3-10H,1-2H3,(H,20,22). The zero-order valence-electron chi connectivity index (χ0n) is 12.8. The molecular weight excluding hydrogens is 356 g/mol. The van der Waals surface area contributed by atoms with Crippen LogP contribution in [-0.2, 0) is 0 Å². The van der Waals surface area contributed by atoms with Crippen molar-refractivity contribution >= 4 is 27.5 Å². The van der Waals surface area contributed by atoms with Gasteiger partial charge >= 0.3 is 0 Å². The number of halogens is 1. The van der Waals surface area contributed by atoms with E-state index in [4.69, 9.17) is 4.52 Å². The first-order valence-corrected chi connectivity index (χ1v) is 7.94. The Hall–Kier alpha value is -2.40. The van der Waals surface area contributed by atoms with Gasteiger partial charge in [0.1, 0.15) is 17.0 Å². The highest BCUT2D eigenvalue weighted by atomic mass is 79.9. The third-order valence-electron chi connectivity index (χ3n) is 3.46. The minimum absolute atomic E-state index is 0.232. The first-order chi connectivity index (χ1) is 11.0. The van der Waals surface area contributed by atoms with Gasteiger partial charge in [0.05, 0.1) is 0 Å². The Morgan fingerprint density at radius 1 is 1.13 bits per heavy atom. The highest BCUT2D eigenvalue weighted by Gasteiger charge is 2.21. The lowest BCUT2D eigenvalue weighted by Crippen LogP contribution is -2.13. The van der Waals surface area contributed by atoms with Gasteiger partial charge in [-0.3, -0.25) is 4.79 Å².